The minimum Gasteiger partial charge on any atom is -0.296 e. The molecular formula is C17H21N5O. The van der Waals surface area contributed by atoms with Crippen molar-refractivity contribution < 1.29 is 4.79 Å². The first-order valence-corrected chi connectivity index (χ1v) is 8.11. The molecule has 0 radical (unpaired) electrons. The van der Waals surface area contributed by atoms with Crippen molar-refractivity contribution in [3.05, 3.63) is 17.8 Å². The van der Waals surface area contributed by atoms with Gasteiger partial charge in [0.2, 0.25) is 11.9 Å². The Kier molecular flexibility index (Phi) is 4.03. The van der Waals surface area contributed by atoms with Crippen LogP contribution >= 0.6 is 0 Å². The van der Waals surface area contributed by atoms with E-state index in [4.69, 9.17) is 5.26 Å². The van der Waals surface area contributed by atoms with E-state index in [0.29, 0.717) is 28.8 Å². The first-order valence-electron chi connectivity index (χ1n) is 8.11. The quantitative estimate of drug-likeness (QED) is 0.939. The highest BCUT2D eigenvalue weighted by Gasteiger charge is 2.27. The minimum atomic E-state index is -0.0905. The van der Waals surface area contributed by atoms with Gasteiger partial charge in [0.05, 0.1) is 0 Å². The summed E-state index contributed by atoms with van der Waals surface area (Å²) in [6, 6.07) is 5.81. The van der Waals surface area contributed by atoms with E-state index in [2.05, 4.69) is 21.4 Å². The van der Waals surface area contributed by atoms with E-state index in [9.17, 15) is 4.79 Å². The highest BCUT2D eigenvalue weighted by Crippen LogP contribution is 2.36. The predicted molar refractivity (Wildman–Crippen MR) is 87.8 cm³/mol. The molecule has 23 heavy (non-hydrogen) atoms. The summed E-state index contributed by atoms with van der Waals surface area (Å²) in [7, 11) is 0. The summed E-state index contributed by atoms with van der Waals surface area (Å²) < 4.78 is 1.99. The van der Waals surface area contributed by atoms with Gasteiger partial charge in [-0.2, -0.15) is 5.26 Å². The summed E-state index contributed by atoms with van der Waals surface area (Å²) in [4.78, 5) is 21.3. The largest absolute Gasteiger partial charge is 0.296 e. The number of hydrogen-bond acceptors (Lipinski definition) is 4. The molecule has 1 unspecified atom stereocenters. The maximum Gasteiger partial charge on any atom is 0.229 e. The summed E-state index contributed by atoms with van der Waals surface area (Å²) in [5, 5.41) is 12.0. The number of anilines is 1. The molecule has 1 aliphatic carbocycles. The molecule has 6 nitrogen and oxygen atoms in total. The molecule has 1 saturated carbocycles. The third kappa shape index (κ3) is 2.79. The average Bonchev–Trinajstić information content (AvgIpc) is 2.82. The van der Waals surface area contributed by atoms with Crippen molar-refractivity contribution >= 4 is 23.0 Å². The lowest BCUT2D eigenvalue weighted by Crippen LogP contribution is -2.27. The number of imidazole rings is 1. The summed E-state index contributed by atoms with van der Waals surface area (Å²) in [5.74, 6) is 0.688. The van der Waals surface area contributed by atoms with Crippen LogP contribution in [0, 0.1) is 23.2 Å². The molecule has 120 valence electrons. The second-order valence-corrected chi connectivity index (χ2v) is 6.56. The van der Waals surface area contributed by atoms with Gasteiger partial charge in [-0.15, -0.1) is 0 Å². The molecule has 1 aliphatic rings. The van der Waals surface area contributed by atoms with Crippen LogP contribution in [0.4, 0.5) is 5.95 Å². The summed E-state index contributed by atoms with van der Waals surface area (Å²) in [6.45, 7) is 5.97. The Morgan fingerprint density at radius 3 is 2.65 bits per heavy atom. The van der Waals surface area contributed by atoms with Crippen LogP contribution in [-0.2, 0) is 4.79 Å². The van der Waals surface area contributed by atoms with Crippen molar-refractivity contribution in [2.24, 2.45) is 11.8 Å². The van der Waals surface area contributed by atoms with E-state index in [1.54, 1.807) is 12.1 Å². The first-order chi connectivity index (χ1) is 11.0. The number of carbonyl (C=O) groups excluding carboxylic acids is 1. The smallest absolute Gasteiger partial charge is 0.229 e. The van der Waals surface area contributed by atoms with Gasteiger partial charge in [0.25, 0.3) is 0 Å². The second-order valence-electron chi connectivity index (χ2n) is 6.56. The zero-order chi connectivity index (χ0) is 16.6. The Morgan fingerprint density at radius 1 is 1.35 bits per heavy atom. The lowest BCUT2D eigenvalue weighted by molar-refractivity contribution is -0.120. The van der Waals surface area contributed by atoms with Crippen molar-refractivity contribution in [3.8, 4) is 6.07 Å². The van der Waals surface area contributed by atoms with Crippen LogP contribution < -0.4 is 5.32 Å². The number of nitrogens with zero attached hydrogens (tertiary/aromatic N) is 4. The van der Waals surface area contributed by atoms with Gasteiger partial charge in [-0.3, -0.25) is 14.7 Å². The van der Waals surface area contributed by atoms with Gasteiger partial charge in [0, 0.05) is 12.0 Å². The Balaban J connectivity index is 2.02. The van der Waals surface area contributed by atoms with E-state index in [0.717, 1.165) is 19.3 Å². The molecule has 6 heteroatoms. The van der Waals surface area contributed by atoms with Crippen LogP contribution in [0.3, 0.4) is 0 Å². The van der Waals surface area contributed by atoms with Crippen LogP contribution in [-0.4, -0.2) is 20.4 Å². The number of rotatable bonds is 4. The fourth-order valence-electron chi connectivity index (χ4n) is 2.64. The van der Waals surface area contributed by atoms with Crippen molar-refractivity contribution in [2.45, 2.75) is 46.1 Å². The van der Waals surface area contributed by atoms with Crippen LogP contribution in [0.15, 0.2) is 12.1 Å². The van der Waals surface area contributed by atoms with E-state index >= 15 is 0 Å². The molecule has 2 aromatic heterocycles. The van der Waals surface area contributed by atoms with Crippen LogP contribution in [0.25, 0.3) is 11.2 Å². The molecule has 3 rings (SSSR count). The molecule has 0 aliphatic heterocycles. The number of hydrogen-bond donors (Lipinski definition) is 1. The van der Waals surface area contributed by atoms with E-state index < -0.39 is 0 Å². The van der Waals surface area contributed by atoms with Crippen LogP contribution in [0.1, 0.15) is 51.8 Å². The highest BCUT2D eigenvalue weighted by atomic mass is 16.2. The van der Waals surface area contributed by atoms with Crippen LogP contribution in [0.5, 0.6) is 0 Å². The number of nitrogens with one attached hydrogen (secondary N) is 1. The van der Waals surface area contributed by atoms with Crippen molar-refractivity contribution in [1.82, 2.24) is 14.5 Å². The normalized spacial score (nSPS) is 16.1. The summed E-state index contributed by atoms with van der Waals surface area (Å²) >= 11 is 0. The maximum absolute atomic E-state index is 12.4. The molecule has 0 saturated heterocycles. The van der Waals surface area contributed by atoms with Gasteiger partial charge in [-0.05, 0) is 37.3 Å². The topological polar surface area (TPSA) is 83.6 Å². The Morgan fingerprint density at radius 2 is 2.09 bits per heavy atom. The molecule has 2 aromatic rings. The maximum atomic E-state index is 12.4. The molecule has 0 bridgehead atoms. The van der Waals surface area contributed by atoms with Gasteiger partial charge >= 0.3 is 0 Å². The van der Waals surface area contributed by atoms with E-state index in [-0.39, 0.29) is 17.7 Å². The van der Waals surface area contributed by atoms with E-state index in [1.807, 2.05) is 25.3 Å². The van der Waals surface area contributed by atoms with Gasteiger partial charge in [-0.1, -0.05) is 20.8 Å². The molecule has 2 heterocycles. The fraction of sp³-hybridized carbons (Fsp3) is 0.529. The molecule has 0 aromatic carbocycles. The highest BCUT2D eigenvalue weighted by molar-refractivity contribution is 5.92. The molecule has 1 N–H and O–H groups in total. The average molecular weight is 311 g/mol. The second kappa shape index (κ2) is 5.99. The summed E-state index contributed by atoms with van der Waals surface area (Å²) in [5.41, 5.74) is 1.76. The van der Waals surface area contributed by atoms with Crippen molar-refractivity contribution in [1.29, 1.82) is 5.26 Å². The number of amides is 1. The minimum absolute atomic E-state index is 0.0311. The lowest BCUT2D eigenvalue weighted by atomic mass is 9.93. The fourth-order valence-corrected chi connectivity index (χ4v) is 2.64. The Hall–Kier alpha value is -2.42. The number of carbonyl (C=O) groups is 1. The first kappa shape index (κ1) is 15.5. The predicted octanol–water partition coefficient (Wildman–Crippen LogP) is 3.26. The molecule has 1 fully saturated rings. The van der Waals surface area contributed by atoms with Gasteiger partial charge in [-0.25, -0.2) is 9.97 Å². The number of pyridine rings is 1. The molecule has 1 atom stereocenters. The monoisotopic (exact) mass is 311 g/mol. The summed E-state index contributed by atoms with van der Waals surface area (Å²) in [6.07, 6.45) is 3.26. The number of aromatic nitrogens is 3. The third-order valence-electron chi connectivity index (χ3n) is 4.74. The van der Waals surface area contributed by atoms with E-state index in [1.165, 1.54) is 0 Å². The van der Waals surface area contributed by atoms with Crippen molar-refractivity contribution in [3.63, 3.8) is 0 Å². The SMILES string of the molecule is CC(C)C(C)C(=O)Nc1nc2ccc(C#N)nc2n1C1CCC1. The van der Waals surface area contributed by atoms with Gasteiger partial charge < -0.3 is 0 Å². The van der Waals surface area contributed by atoms with Crippen LogP contribution in [0.2, 0.25) is 0 Å². The zero-order valence-electron chi connectivity index (χ0n) is 13.7. The van der Waals surface area contributed by atoms with Gasteiger partial charge in [0.1, 0.15) is 17.3 Å². The molecule has 0 spiro atoms. The Labute approximate surface area is 135 Å². The number of fused-ring (bicyclic) bond motifs is 1. The number of nitriles is 1. The molecular weight excluding hydrogens is 290 g/mol. The zero-order valence-corrected chi connectivity index (χ0v) is 13.7. The standard InChI is InChI=1S/C17H21N5O/c1-10(2)11(3)16(23)21-17-20-14-8-7-12(9-18)19-15(14)22(17)13-5-4-6-13/h7-8,10-11,13H,4-6H2,1-3H3,(H,20,21,23). The molecule has 1 amide bonds. The van der Waals surface area contributed by atoms with Crippen molar-refractivity contribution in [2.75, 3.05) is 5.32 Å². The third-order valence-corrected chi connectivity index (χ3v) is 4.74. The lowest BCUT2D eigenvalue weighted by Gasteiger charge is -2.28. The Bertz CT molecular complexity index is 782. The van der Waals surface area contributed by atoms with Gasteiger partial charge in [0.15, 0.2) is 5.65 Å².